The molecule has 1 rings (SSSR count). The van der Waals surface area contributed by atoms with Crippen molar-refractivity contribution in [1.29, 1.82) is 0 Å². The average Bonchev–Trinajstić information content (AvgIpc) is 2.38. The largest absolute Gasteiger partial charge is 0.444 e. The quantitative estimate of drug-likeness (QED) is 0.710. The number of carbonyl (C=O) groups excluding carboxylic acids is 1. The van der Waals surface area contributed by atoms with Crippen LogP contribution >= 0.6 is 0 Å². The summed E-state index contributed by atoms with van der Waals surface area (Å²) in [4.78, 5) is 11.7. The van der Waals surface area contributed by atoms with Gasteiger partial charge >= 0.3 is 6.09 Å². The van der Waals surface area contributed by atoms with Crippen LogP contribution in [0.5, 0.6) is 0 Å². The molecule has 1 amide bonds. The fourth-order valence-corrected chi connectivity index (χ4v) is 2.47. The first-order chi connectivity index (χ1) is 9.90. The molecule has 0 aromatic heterocycles. The fourth-order valence-electron chi connectivity index (χ4n) is 2.47. The predicted molar refractivity (Wildman–Crippen MR) is 84.5 cm³/mol. The molecule has 5 heteroatoms. The van der Waals surface area contributed by atoms with Crippen molar-refractivity contribution in [3.05, 3.63) is 0 Å². The van der Waals surface area contributed by atoms with Gasteiger partial charge < -0.3 is 20.1 Å². The second-order valence-electron chi connectivity index (χ2n) is 6.70. The Balaban J connectivity index is 2.10. The van der Waals surface area contributed by atoms with Crippen LogP contribution in [0.4, 0.5) is 4.79 Å². The van der Waals surface area contributed by atoms with Gasteiger partial charge in [0.25, 0.3) is 0 Å². The third-order valence-corrected chi connectivity index (χ3v) is 3.50. The smallest absolute Gasteiger partial charge is 0.407 e. The Morgan fingerprint density at radius 2 is 1.86 bits per heavy atom. The van der Waals surface area contributed by atoms with Gasteiger partial charge in [0.15, 0.2) is 0 Å². The molecular formula is C16H32N2O3. The first-order valence-corrected chi connectivity index (χ1v) is 8.22. The van der Waals surface area contributed by atoms with Crippen molar-refractivity contribution in [2.45, 2.75) is 77.5 Å². The molecule has 0 heterocycles. The summed E-state index contributed by atoms with van der Waals surface area (Å²) in [5.41, 5.74) is -0.434. The minimum absolute atomic E-state index is 0.224. The molecule has 1 aliphatic rings. The summed E-state index contributed by atoms with van der Waals surface area (Å²) in [6, 6.07) is 0.224. The van der Waals surface area contributed by atoms with Crippen molar-refractivity contribution in [2.75, 3.05) is 19.7 Å². The third-order valence-electron chi connectivity index (χ3n) is 3.50. The van der Waals surface area contributed by atoms with E-state index in [4.69, 9.17) is 9.47 Å². The number of alkyl carbamates (subject to hydrolysis) is 1. The number of carbonyl (C=O) groups is 1. The van der Waals surface area contributed by atoms with Crippen molar-refractivity contribution in [2.24, 2.45) is 0 Å². The van der Waals surface area contributed by atoms with Crippen LogP contribution in [0.1, 0.15) is 59.8 Å². The number of hydrogen-bond acceptors (Lipinski definition) is 4. The second-order valence-corrected chi connectivity index (χ2v) is 6.70. The second kappa shape index (κ2) is 9.26. The molecule has 2 N–H and O–H groups in total. The van der Waals surface area contributed by atoms with Gasteiger partial charge in [-0.1, -0.05) is 6.92 Å². The highest BCUT2D eigenvalue weighted by molar-refractivity contribution is 5.68. The lowest BCUT2D eigenvalue weighted by Crippen LogP contribution is -2.41. The van der Waals surface area contributed by atoms with E-state index in [1.807, 2.05) is 20.8 Å². The maximum atomic E-state index is 11.7. The van der Waals surface area contributed by atoms with Gasteiger partial charge in [0.05, 0.1) is 6.10 Å². The van der Waals surface area contributed by atoms with E-state index in [0.717, 1.165) is 51.8 Å². The summed E-state index contributed by atoms with van der Waals surface area (Å²) in [7, 11) is 0. The molecule has 0 unspecified atom stereocenters. The SMILES string of the molecule is CCNCCCOC1CCC(NC(=O)OC(C)(C)C)CC1. The molecule has 0 atom stereocenters. The normalized spacial score (nSPS) is 22.9. The van der Waals surface area contributed by atoms with Crippen molar-refractivity contribution < 1.29 is 14.3 Å². The Morgan fingerprint density at radius 1 is 1.19 bits per heavy atom. The number of amides is 1. The van der Waals surface area contributed by atoms with Gasteiger partial charge in [-0.05, 0) is 66.0 Å². The lowest BCUT2D eigenvalue weighted by molar-refractivity contribution is 0.0171. The summed E-state index contributed by atoms with van der Waals surface area (Å²) in [6.07, 6.45) is 5.07. The van der Waals surface area contributed by atoms with Gasteiger partial charge in [-0.3, -0.25) is 0 Å². The van der Waals surface area contributed by atoms with Crippen LogP contribution in [0.2, 0.25) is 0 Å². The summed E-state index contributed by atoms with van der Waals surface area (Å²) in [5.74, 6) is 0. The number of ether oxygens (including phenoxy) is 2. The zero-order valence-corrected chi connectivity index (χ0v) is 14.0. The monoisotopic (exact) mass is 300 g/mol. The Morgan fingerprint density at radius 3 is 2.43 bits per heavy atom. The van der Waals surface area contributed by atoms with Crippen LogP contribution in [-0.4, -0.2) is 43.5 Å². The highest BCUT2D eigenvalue weighted by Crippen LogP contribution is 2.21. The Hall–Kier alpha value is -0.810. The van der Waals surface area contributed by atoms with Crippen molar-refractivity contribution in [3.63, 3.8) is 0 Å². The topological polar surface area (TPSA) is 59.6 Å². The molecule has 1 saturated carbocycles. The molecule has 0 bridgehead atoms. The van der Waals surface area contributed by atoms with E-state index in [1.54, 1.807) is 0 Å². The molecule has 21 heavy (non-hydrogen) atoms. The zero-order chi connectivity index (χ0) is 15.7. The van der Waals surface area contributed by atoms with Crippen LogP contribution in [0.3, 0.4) is 0 Å². The van der Waals surface area contributed by atoms with E-state index in [-0.39, 0.29) is 12.1 Å². The molecule has 124 valence electrons. The van der Waals surface area contributed by atoms with Crippen molar-refractivity contribution in [3.8, 4) is 0 Å². The summed E-state index contributed by atoms with van der Waals surface area (Å²) in [5, 5.41) is 6.25. The van der Waals surface area contributed by atoms with Crippen LogP contribution in [0, 0.1) is 0 Å². The molecule has 0 saturated heterocycles. The van der Waals surface area contributed by atoms with E-state index >= 15 is 0 Å². The lowest BCUT2D eigenvalue weighted by Gasteiger charge is -2.30. The highest BCUT2D eigenvalue weighted by Gasteiger charge is 2.24. The lowest BCUT2D eigenvalue weighted by atomic mass is 9.93. The van der Waals surface area contributed by atoms with Crippen LogP contribution < -0.4 is 10.6 Å². The first-order valence-electron chi connectivity index (χ1n) is 8.22. The number of rotatable bonds is 7. The van der Waals surface area contributed by atoms with E-state index in [2.05, 4.69) is 17.6 Å². The highest BCUT2D eigenvalue weighted by atomic mass is 16.6. The standard InChI is InChI=1S/C16H32N2O3/c1-5-17-11-6-12-20-14-9-7-13(8-10-14)18-15(19)21-16(2,3)4/h13-14,17H,5-12H2,1-4H3,(H,18,19). The van der Waals surface area contributed by atoms with Crippen molar-refractivity contribution >= 4 is 6.09 Å². The van der Waals surface area contributed by atoms with Gasteiger partial charge in [0.2, 0.25) is 0 Å². The maximum Gasteiger partial charge on any atom is 0.407 e. The Kier molecular flexibility index (Phi) is 8.04. The summed E-state index contributed by atoms with van der Waals surface area (Å²) < 4.78 is 11.2. The number of nitrogens with one attached hydrogen (secondary N) is 2. The maximum absolute atomic E-state index is 11.7. The minimum atomic E-state index is -0.434. The molecule has 0 aromatic rings. The van der Waals surface area contributed by atoms with E-state index < -0.39 is 5.60 Å². The van der Waals surface area contributed by atoms with Gasteiger partial charge in [0, 0.05) is 12.6 Å². The molecule has 1 aliphatic carbocycles. The minimum Gasteiger partial charge on any atom is -0.444 e. The number of hydrogen-bond donors (Lipinski definition) is 2. The summed E-state index contributed by atoms with van der Waals surface area (Å²) in [6.45, 7) is 10.6. The summed E-state index contributed by atoms with van der Waals surface area (Å²) >= 11 is 0. The van der Waals surface area contributed by atoms with Gasteiger partial charge in [-0.25, -0.2) is 4.79 Å². The van der Waals surface area contributed by atoms with Gasteiger partial charge in [-0.2, -0.15) is 0 Å². The molecule has 0 radical (unpaired) electrons. The first kappa shape index (κ1) is 18.2. The molecule has 0 aromatic carbocycles. The zero-order valence-electron chi connectivity index (χ0n) is 14.0. The molecule has 5 nitrogen and oxygen atoms in total. The van der Waals surface area contributed by atoms with E-state index in [0.29, 0.717) is 6.10 Å². The molecule has 1 fully saturated rings. The van der Waals surface area contributed by atoms with Gasteiger partial charge in [-0.15, -0.1) is 0 Å². The molecule has 0 aliphatic heterocycles. The fraction of sp³-hybridized carbons (Fsp3) is 0.938. The van der Waals surface area contributed by atoms with Crippen molar-refractivity contribution in [1.82, 2.24) is 10.6 Å². The van der Waals surface area contributed by atoms with Crippen LogP contribution in [0.25, 0.3) is 0 Å². The van der Waals surface area contributed by atoms with Crippen LogP contribution in [-0.2, 0) is 9.47 Å². The third kappa shape index (κ3) is 8.94. The average molecular weight is 300 g/mol. The Bertz CT molecular complexity index is 294. The van der Waals surface area contributed by atoms with E-state index in [9.17, 15) is 4.79 Å². The molecule has 0 spiro atoms. The predicted octanol–water partition coefficient (Wildman–Crippen LogP) is 2.84. The molecular weight excluding hydrogens is 268 g/mol. The van der Waals surface area contributed by atoms with E-state index in [1.165, 1.54) is 0 Å². The van der Waals surface area contributed by atoms with Gasteiger partial charge in [0.1, 0.15) is 5.60 Å². The van der Waals surface area contributed by atoms with Crippen LogP contribution in [0.15, 0.2) is 0 Å². The Labute approximate surface area is 129 Å².